The first kappa shape index (κ1) is 13.8. The summed E-state index contributed by atoms with van der Waals surface area (Å²) in [5.41, 5.74) is 1.71. The average molecular weight is 274 g/mol. The second-order valence-corrected chi connectivity index (χ2v) is 6.70. The van der Waals surface area contributed by atoms with Gasteiger partial charge in [-0.15, -0.1) is 0 Å². The molecule has 0 atom stereocenters. The van der Waals surface area contributed by atoms with Crippen molar-refractivity contribution in [3.8, 4) is 0 Å². The van der Waals surface area contributed by atoms with Crippen molar-refractivity contribution in [2.75, 3.05) is 18.0 Å². The number of nitrogens with one attached hydrogen (secondary N) is 1. The molecule has 0 unspecified atom stereocenters. The zero-order valence-electron chi connectivity index (χ0n) is 12.7. The van der Waals surface area contributed by atoms with Crippen LogP contribution in [0.2, 0.25) is 0 Å². The quantitative estimate of drug-likeness (QED) is 0.896. The molecule has 1 aromatic heterocycles. The molecule has 0 aromatic carbocycles. The fraction of sp³-hybridized carbons (Fsp3) is 0.750. The van der Waals surface area contributed by atoms with Crippen molar-refractivity contribution in [2.45, 2.75) is 58.5 Å². The van der Waals surface area contributed by atoms with Gasteiger partial charge < -0.3 is 10.2 Å². The molecule has 0 radical (unpaired) electrons. The highest BCUT2D eigenvalue weighted by molar-refractivity contribution is 5.30. The molecule has 1 aliphatic heterocycles. The second-order valence-electron chi connectivity index (χ2n) is 6.70. The molecule has 2 fully saturated rings. The van der Waals surface area contributed by atoms with Crippen LogP contribution in [0.3, 0.4) is 0 Å². The van der Waals surface area contributed by atoms with Crippen LogP contribution in [-0.2, 0) is 6.54 Å². The van der Waals surface area contributed by atoms with Gasteiger partial charge in [0.25, 0.3) is 0 Å². The third kappa shape index (κ3) is 3.29. The van der Waals surface area contributed by atoms with Crippen LogP contribution in [0.25, 0.3) is 0 Å². The number of hydrogen-bond donors (Lipinski definition) is 1. The van der Waals surface area contributed by atoms with Crippen molar-refractivity contribution >= 4 is 5.95 Å². The summed E-state index contributed by atoms with van der Waals surface area (Å²) in [7, 11) is 0. The normalized spacial score (nSPS) is 22.0. The molecule has 1 saturated heterocycles. The number of rotatable bonds is 5. The third-order valence-electron chi connectivity index (χ3n) is 4.97. The summed E-state index contributed by atoms with van der Waals surface area (Å²) in [5, 5.41) is 3.50. The van der Waals surface area contributed by atoms with Crippen molar-refractivity contribution in [3.63, 3.8) is 0 Å². The maximum atomic E-state index is 4.55. The van der Waals surface area contributed by atoms with Gasteiger partial charge in [0.05, 0.1) is 0 Å². The number of piperidine rings is 1. The van der Waals surface area contributed by atoms with Gasteiger partial charge in [-0.05, 0) is 31.1 Å². The second kappa shape index (κ2) is 5.68. The van der Waals surface area contributed by atoms with E-state index in [0.29, 0.717) is 5.41 Å². The minimum absolute atomic E-state index is 0.518. The van der Waals surface area contributed by atoms with Gasteiger partial charge in [0.1, 0.15) is 0 Å². The van der Waals surface area contributed by atoms with Gasteiger partial charge >= 0.3 is 0 Å². The van der Waals surface area contributed by atoms with Gasteiger partial charge in [0.15, 0.2) is 0 Å². The predicted octanol–water partition coefficient (Wildman–Crippen LogP) is 2.75. The van der Waals surface area contributed by atoms with Gasteiger partial charge in [0, 0.05) is 43.6 Å². The molecule has 4 heteroatoms. The molecule has 1 saturated carbocycles. The molecule has 0 bridgehead atoms. The van der Waals surface area contributed by atoms with Crippen LogP contribution in [0.5, 0.6) is 0 Å². The summed E-state index contributed by atoms with van der Waals surface area (Å²) in [6.45, 7) is 7.78. The van der Waals surface area contributed by atoms with Crippen molar-refractivity contribution in [1.82, 2.24) is 15.3 Å². The van der Waals surface area contributed by atoms with E-state index in [1.807, 2.05) is 12.4 Å². The molecule has 0 spiro atoms. The standard InChI is InChI=1S/C16H26N4/c1-3-16(2)6-8-20(9-7-16)15-18-11-13(12-19-15)10-17-14-4-5-14/h11-12,14,17H,3-10H2,1-2H3. The molecule has 4 nitrogen and oxygen atoms in total. The van der Waals surface area contributed by atoms with Crippen molar-refractivity contribution in [2.24, 2.45) is 5.41 Å². The first-order valence-corrected chi connectivity index (χ1v) is 7.98. The molecule has 1 aromatic rings. The van der Waals surface area contributed by atoms with Gasteiger partial charge in [-0.2, -0.15) is 0 Å². The van der Waals surface area contributed by atoms with E-state index >= 15 is 0 Å². The van der Waals surface area contributed by atoms with Crippen LogP contribution in [0.4, 0.5) is 5.95 Å². The molecular formula is C16H26N4. The Morgan fingerprint density at radius 3 is 2.45 bits per heavy atom. The maximum absolute atomic E-state index is 4.55. The van der Waals surface area contributed by atoms with E-state index in [9.17, 15) is 0 Å². The molecule has 1 N–H and O–H groups in total. The van der Waals surface area contributed by atoms with Crippen molar-refractivity contribution in [3.05, 3.63) is 18.0 Å². The van der Waals surface area contributed by atoms with E-state index in [-0.39, 0.29) is 0 Å². The maximum Gasteiger partial charge on any atom is 0.225 e. The molecule has 0 amide bonds. The summed E-state index contributed by atoms with van der Waals surface area (Å²) >= 11 is 0. The SMILES string of the molecule is CCC1(C)CCN(c2ncc(CNC3CC3)cn2)CC1. The van der Waals surface area contributed by atoms with Gasteiger partial charge in [-0.25, -0.2) is 9.97 Å². The fourth-order valence-electron chi connectivity index (χ4n) is 2.75. The highest BCUT2D eigenvalue weighted by Crippen LogP contribution is 2.34. The zero-order valence-corrected chi connectivity index (χ0v) is 12.7. The van der Waals surface area contributed by atoms with E-state index < -0.39 is 0 Å². The molecule has 110 valence electrons. The number of aromatic nitrogens is 2. The van der Waals surface area contributed by atoms with Gasteiger partial charge in [-0.1, -0.05) is 20.3 Å². The summed E-state index contributed by atoms with van der Waals surface area (Å²) in [5.74, 6) is 0.901. The van der Waals surface area contributed by atoms with E-state index in [0.717, 1.165) is 31.6 Å². The smallest absolute Gasteiger partial charge is 0.225 e. The van der Waals surface area contributed by atoms with E-state index in [1.54, 1.807) is 0 Å². The van der Waals surface area contributed by atoms with Crippen LogP contribution >= 0.6 is 0 Å². The molecule has 2 aliphatic rings. The molecule has 20 heavy (non-hydrogen) atoms. The Bertz CT molecular complexity index is 430. The largest absolute Gasteiger partial charge is 0.341 e. The number of nitrogens with zero attached hydrogens (tertiary/aromatic N) is 3. The van der Waals surface area contributed by atoms with Crippen LogP contribution in [-0.4, -0.2) is 29.1 Å². The Morgan fingerprint density at radius 1 is 1.25 bits per heavy atom. The third-order valence-corrected chi connectivity index (χ3v) is 4.97. The first-order chi connectivity index (χ1) is 9.68. The fourth-order valence-corrected chi connectivity index (χ4v) is 2.75. The van der Waals surface area contributed by atoms with Crippen molar-refractivity contribution in [1.29, 1.82) is 0 Å². The Morgan fingerprint density at radius 2 is 1.90 bits per heavy atom. The summed E-state index contributed by atoms with van der Waals surface area (Å²) in [6, 6.07) is 0.739. The lowest BCUT2D eigenvalue weighted by atomic mass is 9.78. The number of hydrogen-bond acceptors (Lipinski definition) is 4. The molecular weight excluding hydrogens is 248 g/mol. The Hall–Kier alpha value is -1.16. The van der Waals surface area contributed by atoms with Crippen molar-refractivity contribution < 1.29 is 0 Å². The summed E-state index contributed by atoms with van der Waals surface area (Å²) in [4.78, 5) is 11.4. The molecule has 3 rings (SSSR count). The van der Waals surface area contributed by atoms with E-state index in [1.165, 1.54) is 37.7 Å². The van der Waals surface area contributed by atoms with Crippen LogP contribution in [0, 0.1) is 5.41 Å². The Balaban J connectivity index is 1.54. The average Bonchev–Trinajstić information content (AvgIpc) is 3.31. The molecule has 2 heterocycles. The van der Waals surface area contributed by atoms with Crippen LogP contribution in [0.1, 0.15) is 51.5 Å². The number of anilines is 1. The zero-order chi connectivity index (χ0) is 14.0. The summed E-state index contributed by atoms with van der Waals surface area (Å²) < 4.78 is 0. The highest BCUT2D eigenvalue weighted by atomic mass is 15.2. The lowest BCUT2D eigenvalue weighted by molar-refractivity contribution is 0.237. The predicted molar refractivity (Wildman–Crippen MR) is 81.7 cm³/mol. The lowest BCUT2D eigenvalue weighted by Gasteiger charge is -2.38. The van der Waals surface area contributed by atoms with Crippen LogP contribution < -0.4 is 10.2 Å². The Kier molecular flexibility index (Phi) is 3.92. The van der Waals surface area contributed by atoms with Gasteiger partial charge in [0.2, 0.25) is 5.95 Å². The van der Waals surface area contributed by atoms with E-state index in [4.69, 9.17) is 0 Å². The van der Waals surface area contributed by atoms with Crippen LogP contribution in [0.15, 0.2) is 12.4 Å². The summed E-state index contributed by atoms with van der Waals surface area (Å²) in [6.07, 6.45) is 10.4. The van der Waals surface area contributed by atoms with Gasteiger partial charge in [-0.3, -0.25) is 0 Å². The Labute approximate surface area is 122 Å². The lowest BCUT2D eigenvalue weighted by Crippen LogP contribution is -2.39. The topological polar surface area (TPSA) is 41.1 Å². The first-order valence-electron chi connectivity index (χ1n) is 7.98. The monoisotopic (exact) mass is 274 g/mol. The van der Waals surface area contributed by atoms with E-state index in [2.05, 4.69) is 34.0 Å². The minimum atomic E-state index is 0.518. The molecule has 1 aliphatic carbocycles. The highest BCUT2D eigenvalue weighted by Gasteiger charge is 2.29. The minimum Gasteiger partial charge on any atom is -0.341 e.